The molecule has 2 aromatic heterocycles. The molecule has 9 heteroatoms. The van der Waals surface area contributed by atoms with E-state index in [1.165, 1.54) is 57.0 Å². The maximum Gasteiger partial charge on any atom is 0.260 e. The summed E-state index contributed by atoms with van der Waals surface area (Å²) in [5.74, 6) is 0.296. The van der Waals surface area contributed by atoms with E-state index in [2.05, 4.69) is 18.1 Å². The van der Waals surface area contributed by atoms with Crippen LogP contribution in [0, 0.1) is 0 Å². The van der Waals surface area contributed by atoms with Crippen molar-refractivity contribution in [1.29, 1.82) is 0 Å². The Bertz CT molecular complexity index is 1370. The number of sulfonamides is 1. The highest BCUT2D eigenvalue weighted by atomic mass is 32.2. The lowest BCUT2D eigenvalue weighted by molar-refractivity contribution is 0.0983. The van der Waals surface area contributed by atoms with Gasteiger partial charge < -0.3 is 4.42 Å². The molecule has 0 fully saturated rings. The molecular formula is C25H23N3O4S2. The van der Waals surface area contributed by atoms with Crippen LogP contribution in [-0.2, 0) is 16.6 Å². The van der Waals surface area contributed by atoms with Crippen molar-refractivity contribution in [3.63, 3.8) is 0 Å². The smallest absolute Gasteiger partial charge is 0.260 e. The van der Waals surface area contributed by atoms with Crippen molar-refractivity contribution < 1.29 is 17.6 Å². The van der Waals surface area contributed by atoms with E-state index in [9.17, 15) is 13.2 Å². The molecule has 0 radical (unpaired) electrons. The van der Waals surface area contributed by atoms with E-state index < -0.39 is 10.0 Å². The van der Waals surface area contributed by atoms with Gasteiger partial charge in [-0.05, 0) is 48.5 Å². The van der Waals surface area contributed by atoms with Gasteiger partial charge in [-0.1, -0.05) is 35.6 Å². The van der Waals surface area contributed by atoms with E-state index in [1.54, 1.807) is 18.4 Å². The number of thiazole rings is 1. The fraction of sp³-hybridized carbons (Fsp3) is 0.120. The van der Waals surface area contributed by atoms with Crippen LogP contribution < -0.4 is 4.90 Å². The number of benzene rings is 2. The van der Waals surface area contributed by atoms with Crippen molar-refractivity contribution in [2.24, 2.45) is 0 Å². The van der Waals surface area contributed by atoms with E-state index in [1.807, 2.05) is 24.3 Å². The van der Waals surface area contributed by atoms with Crippen molar-refractivity contribution in [2.45, 2.75) is 11.4 Å². The number of hydrogen-bond donors (Lipinski definition) is 0. The average Bonchev–Trinajstić information content (AvgIpc) is 3.51. The van der Waals surface area contributed by atoms with E-state index in [0.29, 0.717) is 16.5 Å². The summed E-state index contributed by atoms with van der Waals surface area (Å²) in [5.41, 5.74) is 1.13. The monoisotopic (exact) mass is 493 g/mol. The lowest BCUT2D eigenvalue weighted by Crippen LogP contribution is -2.32. The summed E-state index contributed by atoms with van der Waals surface area (Å²) in [7, 11) is -3.76. The molecule has 174 valence electrons. The van der Waals surface area contributed by atoms with Crippen LogP contribution >= 0.6 is 11.3 Å². The second kappa shape index (κ2) is 10.2. The molecule has 0 aliphatic rings. The number of carbonyl (C=O) groups excluding carboxylic acids is 1. The molecule has 0 saturated carbocycles. The predicted octanol–water partition coefficient (Wildman–Crippen LogP) is 5.10. The molecular weight excluding hydrogens is 470 g/mol. The van der Waals surface area contributed by atoms with Gasteiger partial charge in [0.25, 0.3) is 5.91 Å². The standard InChI is InChI=1S/C25H23N3O4S2/c1-3-15-27(16-4-2)34(30,31)21-13-11-19(12-14-21)24(29)28(18-20-8-7-17-32-20)25-26-22-9-5-6-10-23(22)33-25/h3-14,17H,1-2,15-16,18H2. The molecule has 0 bridgehead atoms. The lowest BCUT2D eigenvalue weighted by atomic mass is 10.2. The van der Waals surface area contributed by atoms with Gasteiger partial charge in [0.1, 0.15) is 5.76 Å². The second-order valence-electron chi connectivity index (χ2n) is 7.36. The predicted molar refractivity (Wildman–Crippen MR) is 134 cm³/mol. The van der Waals surface area contributed by atoms with Gasteiger partial charge in [-0.2, -0.15) is 4.31 Å². The van der Waals surface area contributed by atoms with Crippen molar-refractivity contribution in [2.75, 3.05) is 18.0 Å². The molecule has 0 spiro atoms. The van der Waals surface area contributed by atoms with Crippen LogP contribution in [0.3, 0.4) is 0 Å². The molecule has 0 aliphatic heterocycles. The molecule has 2 aromatic carbocycles. The van der Waals surface area contributed by atoms with Crippen LogP contribution in [-0.4, -0.2) is 36.7 Å². The Morgan fingerprint density at radius 2 is 1.71 bits per heavy atom. The summed E-state index contributed by atoms with van der Waals surface area (Å²) in [6, 6.07) is 17.1. The molecule has 0 unspecified atom stereocenters. The van der Waals surface area contributed by atoms with Gasteiger partial charge in [-0.25, -0.2) is 13.4 Å². The molecule has 4 rings (SSSR count). The number of anilines is 1. The SMILES string of the molecule is C=CCN(CC=C)S(=O)(=O)c1ccc(C(=O)N(Cc2ccco2)c2nc3ccccc3s2)cc1. The fourth-order valence-electron chi connectivity index (χ4n) is 3.39. The first kappa shape index (κ1) is 23.6. The van der Waals surface area contributed by atoms with Gasteiger partial charge in [0.15, 0.2) is 5.13 Å². The normalized spacial score (nSPS) is 11.6. The van der Waals surface area contributed by atoms with Crippen molar-refractivity contribution in [1.82, 2.24) is 9.29 Å². The summed E-state index contributed by atoms with van der Waals surface area (Å²) < 4.78 is 33.6. The van der Waals surface area contributed by atoms with E-state index in [0.717, 1.165) is 10.2 Å². The van der Waals surface area contributed by atoms with E-state index >= 15 is 0 Å². The molecule has 1 amide bonds. The highest BCUT2D eigenvalue weighted by Crippen LogP contribution is 2.31. The Balaban J connectivity index is 1.66. The number of para-hydroxylation sites is 1. The first-order valence-corrected chi connectivity index (χ1v) is 12.7. The fourth-order valence-corrected chi connectivity index (χ4v) is 5.74. The van der Waals surface area contributed by atoms with Crippen LogP contribution in [0.2, 0.25) is 0 Å². The quantitative estimate of drug-likeness (QED) is 0.287. The summed E-state index contributed by atoms with van der Waals surface area (Å²) in [4.78, 5) is 19.8. The largest absolute Gasteiger partial charge is 0.467 e. The topological polar surface area (TPSA) is 83.7 Å². The van der Waals surface area contributed by atoms with Gasteiger partial charge in [-0.3, -0.25) is 9.69 Å². The maximum atomic E-state index is 13.5. The second-order valence-corrected chi connectivity index (χ2v) is 10.3. The minimum Gasteiger partial charge on any atom is -0.467 e. The van der Waals surface area contributed by atoms with Crippen LogP contribution in [0.15, 0.2) is 102 Å². The van der Waals surface area contributed by atoms with Gasteiger partial charge in [-0.15, -0.1) is 13.2 Å². The summed E-state index contributed by atoms with van der Waals surface area (Å²) >= 11 is 1.40. The Morgan fingerprint density at radius 3 is 2.32 bits per heavy atom. The van der Waals surface area contributed by atoms with Crippen LogP contribution in [0.1, 0.15) is 16.1 Å². The third-order valence-electron chi connectivity index (χ3n) is 5.06. The number of rotatable bonds is 10. The third kappa shape index (κ3) is 4.86. The number of fused-ring (bicyclic) bond motifs is 1. The third-order valence-corrected chi connectivity index (χ3v) is 7.96. The van der Waals surface area contributed by atoms with Gasteiger partial charge in [0, 0.05) is 18.7 Å². The minimum absolute atomic E-state index is 0.0883. The van der Waals surface area contributed by atoms with Crippen molar-refractivity contribution in [3.05, 3.63) is 104 Å². The number of furan rings is 1. The zero-order chi connectivity index (χ0) is 24.1. The Labute approximate surface area is 202 Å². The molecule has 34 heavy (non-hydrogen) atoms. The lowest BCUT2D eigenvalue weighted by Gasteiger charge is -2.20. The molecule has 4 aromatic rings. The van der Waals surface area contributed by atoms with Crippen molar-refractivity contribution in [3.8, 4) is 0 Å². The molecule has 7 nitrogen and oxygen atoms in total. The number of hydrogen-bond acceptors (Lipinski definition) is 6. The highest BCUT2D eigenvalue weighted by Gasteiger charge is 2.25. The molecule has 0 saturated heterocycles. The Morgan fingerprint density at radius 1 is 1.00 bits per heavy atom. The maximum absolute atomic E-state index is 13.5. The summed E-state index contributed by atoms with van der Waals surface area (Å²) in [6.45, 7) is 7.74. The van der Waals surface area contributed by atoms with E-state index in [4.69, 9.17) is 4.42 Å². The zero-order valence-corrected chi connectivity index (χ0v) is 20.0. The van der Waals surface area contributed by atoms with Crippen LogP contribution in [0.4, 0.5) is 5.13 Å². The van der Waals surface area contributed by atoms with Gasteiger partial charge in [0.05, 0.1) is 27.9 Å². The number of amides is 1. The molecule has 0 aliphatic carbocycles. The number of nitrogens with zero attached hydrogens (tertiary/aromatic N) is 3. The first-order valence-electron chi connectivity index (χ1n) is 10.5. The minimum atomic E-state index is -3.76. The Kier molecular flexibility index (Phi) is 7.06. The van der Waals surface area contributed by atoms with Crippen LogP contribution in [0.5, 0.6) is 0 Å². The first-order chi connectivity index (χ1) is 16.4. The highest BCUT2D eigenvalue weighted by molar-refractivity contribution is 7.89. The van der Waals surface area contributed by atoms with Gasteiger partial charge >= 0.3 is 0 Å². The van der Waals surface area contributed by atoms with Gasteiger partial charge in [0.2, 0.25) is 10.0 Å². The Hall–Kier alpha value is -3.53. The summed E-state index contributed by atoms with van der Waals surface area (Å²) in [6.07, 6.45) is 4.58. The van der Waals surface area contributed by atoms with E-state index in [-0.39, 0.29) is 30.4 Å². The van der Waals surface area contributed by atoms with Crippen molar-refractivity contribution >= 4 is 42.6 Å². The number of carbonyl (C=O) groups is 1. The zero-order valence-electron chi connectivity index (χ0n) is 18.3. The molecule has 0 N–H and O–H groups in total. The average molecular weight is 494 g/mol. The number of aromatic nitrogens is 1. The molecule has 2 heterocycles. The summed E-state index contributed by atoms with van der Waals surface area (Å²) in [5, 5.41) is 0.530. The van der Waals surface area contributed by atoms with Crippen LogP contribution in [0.25, 0.3) is 10.2 Å². The molecule has 0 atom stereocenters.